The second kappa shape index (κ2) is 7.54. The molecule has 0 heterocycles. The third kappa shape index (κ3) is 6.09. The van der Waals surface area contributed by atoms with Gasteiger partial charge >= 0.3 is 0 Å². The molecule has 16 heavy (non-hydrogen) atoms. The molecule has 3 nitrogen and oxygen atoms in total. The Bertz CT molecular complexity index is 188. The van der Waals surface area contributed by atoms with Crippen LogP contribution in [0.25, 0.3) is 0 Å². The maximum absolute atomic E-state index is 9.41. The van der Waals surface area contributed by atoms with Crippen LogP contribution in [0.3, 0.4) is 0 Å². The lowest BCUT2D eigenvalue weighted by atomic mass is 10.0. The summed E-state index contributed by atoms with van der Waals surface area (Å²) in [4.78, 5) is 0. The minimum Gasteiger partial charge on any atom is -0.394 e. The first-order chi connectivity index (χ1) is 7.70. The van der Waals surface area contributed by atoms with Crippen molar-refractivity contribution >= 4 is 11.8 Å². The van der Waals surface area contributed by atoms with Gasteiger partial charge in [-0.2, -0.15) is 11.8 Å². The number of methoxy groups -OCH3 is 1. The molecule has 1 aliphatic rings. The van der Waals surface area contributed by atoms with Crippen LogP contribution in [0, 0.1) is 0 Å². The molecule has 1 unspecified atom stereocenters. The fourth-order valence-corrected chi connectivity index (χ4v) is 2.74. The zero-order valence-electron chi connectivity index (χ0n) is 10.5. The quantitative estimate of drug-likeness (QED) is 0.576. The highest BCUT2D eigenvalue weighted by molar-refractivity contribution is 7.99. The summed E-state index contributed by atoms with van der Waals surface area (Å²) in [5.74, 6) is 2.26. The van der Waals surface area contributed by atoms with Gasteiger partial charge < -0.3 is 15.2 Å². The summed E-state index contributed by atoms with van der Waals surface area (Å²) in [6, 6.07) is 0.663. The molecule has 1 saturated carbocycles. The van der Waals surface area contributed by atoms with E-state index in [4.69, 9.17) is 4.74 Å². The summed E-state index contributed by atoms with van der Waals surface area (Å²) in [5.41, 5.74) is -0.0740. The van der Waals surface area contributed by atoms with Gasteiger partial charge in [-0.15, -0.1) is 0 Å². The highest BCUT2D eigenvalue weighted by Crippen LogP contribution is 2.24. The van der Waals surface area contributed by atoms with Crippen molar-refractivity contribution in [2.75, 3.05) is 31.8 Å². The van der Waals surface area contributed by atoms with E-state index in [0.29, 0.717) is 6.04 Å². The molecule has 1 rings (SSSR count). The van der Waals surface area contributed by atoms with Gasteiger partial charge in [-0.05, 0) is 44.1 Å². The minimum absolute atomic E-state index is 0.0740. The van der Waals surface area contributed by atoms with E-state index in [2.05, 4.69) is 12.2 Å². The van der Waals surface area contributed by atoms with E-state index in [9.17, 15) is 5.11 Å². The maximum atomic E-state index is 9.41. The van der Waals surface area contributed by atoms with Crippen molar-refractivity contribution in [1.29, 1.82) is 0 Å². The Balaban J connectivity index is 2.03. The maximum Gasteiger partial charge on any atom is 0.0610 e. The topological polar surface area (TPSA) is 41.5 Å². The van der Waals surface area contributed by atoms with E-state index < -0.39 is 0 Å². The number of aliphatic hydroxyl groups excluding tert-OH is 1. The molecule has 4 heteroatoms. The van der Waals surface area contributed by atoms with Crippen LogP contribution < -0.4 is 5.32 Å². The first kappa shape index (κ1) is 14.3. The van der Waals surface area contributed by atoms with Gasteiger partial charge in [0.15, 0.2) is 0 Å². The van der Waals surface area contributed by atoms with Crippen LogP contribution in [0.2, 0.25) is 0 Å². The number of nitrogens with one attached hydrogen (secondary N) is 1. The first-order valence-corrected chi connectivity index (χ1v) is 7.31. The van der Waals surface area contributed by atoms with Crippen molar-refractivity contribution in [1.82, 2.24) is 5.32 Å². The van der Waals surface area contributed by atoms with Gasteiger partial charge in [0, 0.05) is 25.3 Å². The molecule has 0 aromatic heterocycles. The Morgan fingerprint density at radius 2 is 2.19 bits per heavy atom. The largest absolute Gasteiger partial charge is 0.394 e. The van der Waals surface area contributed by atoms with Crippen LogP contribution in [0.1, 0.15) is 32.6 Å². The summed E-state index contributed by atoms with van der Waals surface area (Å²) in [6.45, 7) is 3.22. The molecule has 0 aliphatic heterocycles. The lowest BCUT2D eigenvalue weighted by Crippen LogP contribution is -2.47. The van der Waals surface area contributed by atoms with Gasteiger partial charge in [0.1, 0.15) is 0 Å². The van der Waals surface area contributed by atoms with Crippen molar-refractivity contribution in [3.8, 4) is 0 Å². The standard InChI is InChI=1S/C12H25NO2S/c1-12(10-14,13-11-4-5-11)6-9-16-8-3-7-15-2/h11,13-14H,3-10H2,1-2H3. The van der Waals surface area contributed by atoms with Crippen molar-refractivity contribution in [2.45, 2.75) is 44.2 Å². The summed E-state index contributed by atoms with van der Waals surface area (Å²) < 4.78 is 5.01. The number of hydrogen-bond acceptors (Lipinski definition) is 4. The van der Waals surface area contributed by atoms with Crippen molar-refractivity contribution in [3.05, 3.63) is 0 Å². The van der Waals surface area contributed by atoms with Crippen molar-refractivity contribution in [2.24, 2.45) is 0 Å². The lowest BCUT2D eigenvalue weighted by molar-refractivity contribution is 0.169. The summed E-state index contributed by atoms with van der Waals surface area (Å²) >= 11 is 1.95. The molecule has 96 valence electrons. The average molecular weight is 247 g/mol. The predicted molar refractivity (Wildman–Crippen MR) is 70.1 cm³/mol. The molecule has 1 fully saturated rings. The van der Waals surface area contributed by atoms with Crippen molar-refractivity contribution < 1.29 is 9.84 Å². The van der Waals surface area contributed by atoms with Gasteiger partial charge in [0.05, 0.1) is 6.61 Å². The Hall–Kier alpha value is 0.230. The highest BCUT2D eigenvalue weighted by Gasteiger charge is 2.31. The Morgan fingerprint density at radius 3 is 2.75 bits per heavy atom. The van der Waals surface area contributed by atoms with Crippen molar-refractivity contribution in [3.63, 3.8) is 0 Å². The second-order valence-electron chi connectivity index (χ2n) is 4.85. The highest BCUT2D eigenvalue weighted by atomic mass is 32.2. The van der Waals surface area contributed by atoms with E-state index >= 15 is 0 Å². The Kier molecular flexibility index (Phi) is 6.73. The zero-order valence-corrected chi connectivity index (χ0v) is 11.3. The molecule has 1 aliphatic carbocycles. The molecule has 0 saturated heterocycles. The molecule has 0 aromatic carbocycles. The van der Waals surface area contributed by atoms with Gasteiger partial charge in [-0.25, -0.2) is 0 Å². The fourth-order valence-electron chi connectivity index (χ4n) is 1.62. The molecule has 0 spiro atoms. The fraction of sp³-hybridized carbons (Fsp3) is 1.00. The van der Waals surface area contributed by atoms with Crippen LogP contribution in [0.5, 0.6) is 0 Å². The zero-order chi connectivity index (χ0) is 11.9. The van der Waals surface area contributed by atoms with Gasteiger partial charge in [0.25, 0.3) is 0 Å². The van der Waals surface area contributed by atoms with Crippen LogP contribution in [0.4, 0.5) is 0 Å². The van der Waals surface area contributed by atoms with Gasteiger partial charge in [0.2, 0.25) is 0 Å². The number of rotatable bonds is 10. The lowest BCUT2D eigenvalue weighted by Gasteiger charge is -2.28. The summed E-state index contributed by atoms with van der Waals surface area (Å²) in [6.07, 6.45) is 4.71. The third-order valence-corrected chi connectivity index (χ3v) is 3.98. The molecule has 0 bridgehead atoms. The molecular formula is C12H25NO2S. The van der Waals surface area contributed by atoms with Crippen LogP contribution in [-0.4, -0.2) is 48.5 Å². The van der Waals surface area contributed by atoms with Crippen LogP contribution in [-0.2, 0) is 4.74 Å². The third-order valence-electron chi connectivity index (χ3n) is 2.91. The van der Waals surface area contributed by atoms with E-state index in [-0.39, 0.29) is 12.1 Å². The molecule has 0 aromatic rings. The number of aliphatic hydroxyl groups is 1. The Labute approximate surface area is 103 Å². The second-order valence-corrected chi connectivity index (χ2v) is 6.07. The molecule has 0 amide bonds. The summed E-state index contributed by atoms with van der Waals surface area (Å²) in [7, 11) is 1.74. The van der Waals surface area contributed by atoms with E-state index in [0.717, 1.165) is 31.0 Å². The number of thioether (sulfide) groups is 1. The molecular weight excluding hydrogens is 222 g/mol. The normalized spacial score (nSPS) is 19.7. The SMILES string of the molecule is COCCCSCCC(C)(CO)NC1CC1. The molecule has 0 radical (unpaired) electrons. The van der Waals surface area contributed by atoms with E-state index in [1.807, 2.05) is 11.8 Å². The number of ether oxygens (including phenoxy) is 1. The average Bonchev–Trinajstić information content (AvgIpc) is 3.07. The van der Waals surface area contributed by atoms with Gasteiger partial charge in [-0.3, -0.25) is 0 Å². The van der Waals surface area contributed by atoms with Gasteiger partial charge in [-0.1, -0.05) is 0 Å². The predicted octanol–water partition coefficient (Wildman–Crippen LogP) is 1.65. The molecule has 2 N–H and O–H groups in total. The van der Waals surface area contributed by atoms with Crippen LogP contribution >= 0.6 is 11.8 Å². The van der Waals surface area contributed by atoms with Crippen LogP contribution in [0.15, 0.2) is 0 Å². The van der Waals surface area contributed by atoms with E-state index in [1.165, 1.54) is 12.8 Å². The van der Waals surface area contributed by atoms with E-state index in [1.54, 1.807) is 7.11 Å². The monoisotopic (exact) mass is 247 g/mol. The minimum atomic E-state index is -0.0740. The smallest absolute Gasteiger partial charge is 0.0610 e. The Morgan fingerprint density at radius 1 is 1.44 bits per heavy atom. The summed E-state index contributed by atoms with van der Waals surface area (Å²) in [5, 5.41) is 12.9. The molecule has 1 atom stereocenters. The first-order valence-electron chi connectivity index (χ1n) is 6.15. The number of hydrogen-bond donors (Lipinski definition) is 2.